The lowest BCUT2D eigenvalue weighted by Gasteiger charge is -2.27. The Kier molecular flexibility index (Phi) is 6.71. The lowest BCUT2D eigenvalue weighted by molar-refractivity contribution is -0.139. The monoisotopic (exact) mass is 427 g/mol. The van der Waals surface area contributed by atoms with E-state index in [0.717, 1.165) is 0 Å². The van der Waals surface area contributed by atoms with E-state index < -0.39 is 24.0 Å². The molecule has 1 aromatic carbocycles. The molecule has 1 unspecified atom stereocenters. The Morgan fingerprint density at radius 2 is 1.84 bits per heavy atom. The summed E-state index contributed by atoms with van der Waals surface area (Å²) in [6, 6.07) is 7.84. The van der Waals surface area contributed by atoms with Crippen molar-refractivity contribution in [2.24, 2.45) is 0 Å². The molecule has 0 fully saturated rings. The molecule has 2 aromatic rings. The highest BCUT2D eigenvalue weighted by Crippen LogP contribution is 2.28. The zero-order valence-corrected chi connectivity index (χ0v) is 16.9. The maximum atomic E-state index is 12.6. The maximum Gasteiger partial charge on any atom is 0.338 e. The number of ether oxygens (including phenoxy) is 2. The summed E-state index contributed by atoms with van der Waals surface area (Å²) in [5.74, 6) is -1.26. The van der Waals surface area contributed by atoms with Gasteiger partial charge in [0.15, 0.2) is 0 Å². The van der Waals surface area contributed by atoms with Crippen LogP contribution in [0.1, 0.15) is 36.0 Å². The van der Waals surface area contributed by atoms with Gasteiger partial charge in [-0.2, -0.15) is 0 Å². The number of hydrogen-bond donors (Lipinski definition) is 3. The quantitative estimate of drug-likeness (QED) is 0.577. The molecular formula is C21H21N3O7. The molecule has 0 saturated carbocycles. The number of amides is 3. The summed E-state index contributed by atoms with van der Waals surface area (Å²) >= 11 is 0. The average Bonchev–Trinajstić information content (AvgIpc) is 3.26. The van der Waals surface area contributed by atoms with Crippen molar-refractivity contribution in [3.63, 3.8) is 0 Å². The largest absolute Gasteiger partial charge is 0.467 e. The fraction of sp³-hybridized carbons (Fsp3) is 0.238. The number of hydrogen-bond acceptors (Lipinski definition) is 7. The number of furan rings is 1. The fourth-order valence-corrected chi connectivity index (χ4v) is 2.96. The Morgan fingerprint density at radius 3 is 2.45 bits per heavy atom. The van der Waals surface area contributed by atoms with Crippen LogP contribution in [0.3, 0.4) is 0 Å². The van der Waals surface area contributed by atoms with Gasteiger partial charge < -0.3 is 29.8 Å². The Hall–Kier alpha value is -4.08. The summed E-state index contributed by atoms with van der Waals surface area (Å²) in [4.78, 5) is 48.2. The summed E-state index contributed by atoms with van der Waals surface area (Å²) in [5, 5.41) is 7.69. The van der Waals surface area contributed by atoms with Gasteiger partial charge in [0.05, 0.1) is 29.7 Å². The van der Waals surface area contributed by atoms with E-state index in [1.54, 1.807) is 31.2 Å². The Labute approximate surface area is 177 Å². The standard InChI is InChI=1S/C21H21N3O7/c1-3-29-20(27)17-15(23-21(28)24-18(17)16-5-4-10-30-16)11-31-19(26)13-6-8-14(9-7-13)22-12(2)25/h4-10,18H,3,11H2,1-2H3,(H,22,25)(H2,23,24,28). The van der Waals surface area contributed by atoms with Gasteiger partial charge in [0, 0.05) is 12.6 Å². The Balaban J connectivity index is 1.81. The van der Waals surface area contributed by atoms with Crippen LogP contribution < -0.4 is 16.0 Å². The molecule has 0 bridgehead atoms. The summed E-state index contributed by atoms with van der Waals surface area (Å²) in [6.07, 6.45) is 1.41. The number of anilines is 1. The zero-order valence-electron chi connectivity index (χ0n) is 16.9. The highest BCUT2D eigenvalue weighted by molar-refractivity contribution is 5.95. The first-order chi connectivity index (χ1) is 14.9. The van der Waals surface area contributed by atoms with Crippen molar-refractivity contribution in [3.05, 3.63) is 65.3 Å². The summed E-state index contributed by atoms with van der Waals surface area (Å²) < 4.78 is 15.7. The first-order valence-corrected chi connectivity index (χ1v) is 9.45. The molecule has 1 aromatic heterocycles. The van der Waals surface area contributed by atoms with Crippen LogP contribution in [-0.2, 0) is 19.1 Å². The van der Waals surface area contributed by atoms with Crippen molar-refractivity contribution in [2.45, 2.75) is 19.9 Å². The van der Waals surface area contributed by atoms with Gasteiger partial charge in [-0.05, 0) is 43.3 Å². The third-order valence-corrected chi connectivity index (χ3v) is 4.27. The Bertz CT molecular complexity index is 1010. The molecule has 2 heterocycles. The molecule has 1 aliphatic rings. The predicted octanol–water partition coefficient (Wildman–Crippen LogP) is 2.27. The number of rotatable bonds is 7. The van der Waals surface area contributed by atoms with Crippen molar-refractivity contribution in [1.82, 2.24) is 10.6 Å². The van der Waals surface area contributed by atoms with Gasteiger partial charge in [0.2, 0.25) is 5.91 Å². The van der Waals surface area contributed by atoms with E-state index in [1.807, 2.05) is 0 Å². The highest BCUT2D eigenvalue weighted by atomic mass is 16.5. The molecule has 0 spiro atoms. The van der Waals surface area contributed by atoms with Gasteiger partial charge in [-0.1, -0.05) is 0 Å². The molecule has 3 N–H and O–H groups in total. The third-order valence-electron chi connectivity index (χ3n) is 4.27. The number of nitrogens with one attached hydrogen (secondary N) is 3. The number of urea groups is 1. The van der Waals surface area contributed by atoms with E-state index in [9.17, 15) is 19.2 Å². The van der Waals surface area contributed by atoms with Gasteiger partial charge in [0.1, 0.15) is 18.4 Å². The van der Waals surface area contributed by atoms with Crippen molar-refractivity contribution in [2.75, 3.05) is 18.5 Å². The van der Waals surface area contributed by atoms with Crippen LogP contribution in [0.15, 0.2) is 58.3 Å². The smallest absolute Gasteiger partial charge is 0.338 e. The first kappa shape index (κ1) is 21.6. The van der Waals surface area contributed by atoms with E-state index in [1.165, 1.54) is 25.3 Å². The molecule has 0 aliphatic carbocycles. The van der Waals surface area contributed by atoms with E-state index in [0.29, 0.717) is 11.4 Å². The lowest BCUT2D eigenvalue weighted by atomic mass is 10.0. The maximum absolute atomic E-state index is 12.6. The van der Waals surface area contributed by atoms with Crippen LogP contribution in [0.4, 0.5) is 10.5 Å². The Morgan fingerprint density at radius 1 is 1.10 bits per heavy atom. The van der Waals surface area contributed by atoms with Crippen molar-refractivity contribution in [1.29, 1.82) is 0 Å². The van der Waals surface area contributed by atoms with Crippen molar-refractivity contribution in [3.8, 4) is 0 Å². The predicted molar refractivity (Wildman–Crippen MR) is 108 cm³/mol. The van der Waals surface area contributed by atoms with Crippen LogP contribution in [-0.4, -0.2) is 37.1 Å². The molecule has 3 rings (SSSR count). The summed E-state index contributed by atoms with van der Waals surface area (Å²) in [5.41, 5.74) is 0.926. The second kappa shape index (κ2) is 9.61. The number of carbonyl (C=O) groups is 4. The van der Waals surface area contributed by atoms with Crippen LogP contribution >= 0.6 is 0 Å². The molecule has 10 nitrogen and oxygen atoms in total. The number of esters is 2. The van der Waals surface area contributed by atoms with Gasteiger partial charge >= 0.3 is 18.0 Å². The molecular weight excluding hydrogens is 406 g/mol. The van der Waals surface area contributed by atoms with Crippen LogP contribution in [0.25, 0.3) is 0 Å². The number of benzene rings is 1. The summed E-state index contributed by atoms with van der Waals surface area (Å²) in [6.45, 7) is 2.78. The fourth-order valence-electron chi connectivity index (χ4n) is 2.96. The van der Waals surface area contributed by atoms with Crippen molar-refractivity contribution >= 4 is 29.6 Å². The van der Waals surface area contributed by atoms with E-state index in [4.69, 9.17) is 13.9 Å². The molecule has 162 valence electrons. The van der Waals surface area contributed by atoms with Gasteiger partial charge in [-0.15, -0.1) is 0 Å². The lowest BCUT2D eigenvalue weighted by Crippen LogP contribution is -2.47. The van der Waals surface area contributed by atoms with E-state index in [2.05, 4.69) is 16.0 Å². The minimum Gasteiger partial charge on any atom is -0.467 e. The topological polar surface area (TPSA) is 136 Å². The first-order valence-electron chi connectivity index (χ1n) is 9.45. The normalized spacial score (nSPS) is 15.5. The van der Waals surface area contributed by atoms with Crippen molar-refractivity contribution < 1.29 is 33.1 Å². The minimum absolute atomic E-state index is 0.0743. The second-order valence-electron chi connectivity index (χ2n) is 6.49. The van der Waals surface area contributed by atoms with Crippen LogP contribution in [0.2, 0.25) is 0 Å². The zero-order chi connectivity index (χ0) is 22.4. The molecule has 1 aliphatic heterocycles. The van der Waals surface area contributed by atoms with Gasteiger partial charge in [0.25, 0.3) is 0 Å². The van der Waals surface area contributed by atoms with Gasteiger partial charge in [-0.25, -0.2) is 14.4 Å². The number of carbonyl (C=O) groups excluding carboxylic acids is 4. The molecule has 31 heavy (non-hydrogen) atoms. The summed E-state index contributed by atoms with van der Waals surface area (Å²) in [7, 11) is 0. The third kappa shape index (κ3) is 5.30. The van der Waals surface area contributed by atoms with E-state index >= 15 is 0 Å². The van der Waals surface area contributed by atoms with E-state index in [-0.39, 0.29) is 36.0 Å². The highest BCUT2D eigenvalue weighted by Gasteiger charge is 2.35. The molecule has 0 radical (unpaired) electrons. The van der Waals surface area contributed by atoms with Crippen LogP contribution in [0.5, 0.6) is 0 Å². The SMILES string of the molecule is CCOC(=O)C1=C(COC(=O)c2ccc(NC(C)=O)cc2)NC(=O)NC1c1ccco1. The molecule has 1 atom stereocenters. The molecule has 0 saturated heterocycles. The second-order valence-corrected chi connectivity index (χ2v) is 6.49. The minimum atomic E-state index is -0.895. The van der Waals surface area contributed by atoms with Gasteiger partial charge in [-0.3, -0.25) is 4.79 Å². The van der Waals surface area contributed by atoms with Crippen LogP contribution in [0, 0.1) is 0 Å². The molecule has 3 amide bonds. The average molecular weight is 427 g/mol. The molecule has 10 heteroatoms.